The highest BCUT2D eigenvalue weighted by atomic mass is 16.6. The molecule has 0 aliphatic carbocycles. The first-order valence-electron chi connectivity index (χ1n) is 5.16. The minimum absolute atomic E-state index is 0.240. The van der Waals surface area contributed by atoms with Crippen LogP contribution in [0.15, 0.2) is 4.79 Å². The Balaban J connectivity index is 3.24. The maximum Gasteiger partial charge on any atom is 0.375 e. The average molecular weight is 257 g/mol. The van der Waals surface area contributed by atoms with Crippen molar-refractivity contribution < 1.29 is 10.0 Å². The van der Waals surface area contributed by atoms with Crippen molar-refractivity contribution in [3.8, 4) is 0 Å². The van der Waals surface area contributed by atoms with Gasteiger partial charge < -0.3 is 16.2 Å². The average Bonchev–Trinajstić information content (AvgIpc) is 2.13. The number of nitro groups is 1. The van der Waals surface area contributed by atoms with Gasteiger partial charge in [-0.25, -0.2) is 0 Å². The first-order chi connectivity index (χ1) is 8.12. The number of aliphatic hydroxyl groups is 1. The van der Waals surface area contributed by atoms with E-state index >= 15 is 0 Å². The van der Waals surface area contributed by atoms with E-state index in [1.54, 1.807) is 6.92 Å². The van der Waals surface area contributed by atoms with Crippen LogP contribution in [0.1, 0.15) is 20.8 Å². The summed E-state index contributed by atoms with van der Waals surface area (Å²) in [7, 11) is 0. The van der Waals surface area contributed by atoms with E-state index in [0.29, 0.717) is 0 Å². The summed E-state index contributed by atoms with van der Waals surface area (Å²) >= 11 is 0. The number of hydrogen-bond donors (Lipinski definition) is 4. The lowest BCUT2D eigenvalue weighted by Gasteiger charge is -2.26. The van der Waals surface area contributed by atoms with Gasteiger partial charge in [-0.3, -0.25) is 19.9 Å². The predicted molar refractivity (Wildman–Crippen MR) is 65.3 cm³/mol. The lowest BCUT2D eigenvalue weighted by molar-refractivity contribution is -0.385. The first-order valence-corrected chi connectivity index (χ1v) is 5.16. The van der Waals surface area contributed by atoms with E-state index in [1.807, 2.05) is 4.98 Å². The minimum atomic E-state index is -1.15. The Labute approximate surface area is 102 Å². The highest BCUT2D eigenvalue weighted by Gasteiger charge is 2.28. The summed E-state index contributed by atoms with van der Waals surface area (Å²) in [6.45, 7) is 4.64. The van der Waals surface area contributed by atoms with Crippen molar-refractivity contribution in [3.63, 3.8) is 0 Å². The number of aromatic amines is 1. The third kappa shape index (κ3) is 2.94. The zero-order valence-corrected chi connectivity index (χ0v) is 10.2. The van der Waals surface area contributed by atoms with Gasteiger partial charge in [-0.2, -0.15) is 4.98 Å². The van der Waals surface area contributed by atoms with Crippen molar-refractivity contribution in [2.45, 2.75) is 32.4 Å². The second kappa shape index (κ2) is 4.61. The van der Waals surface area contributed by atoms with Crippen LogP contribution in [-0.4, -0.2) is 31.6 Å². The first kappa shape index (κ1) is 13.9. The molecule has 0 saturated heterocycles. The largest absolute Gasteiger partial charge is 0.388 e. The maximum absolute atomic E-state index is 11.4. The van der Waals surface area contributed by atoms with Crippen molar-refractivity contribution in [2.24, 2.45) is 0 Å². The fourth-order valence-electron chi connectivity index (χ4n) is 1.14. The van der Waals surface area contributed by atoms with E-state index in [9.17, 15) is 20.0 Å². The van der Waals surface area contributed by atoms with Crippen LogP contribution >= 0.6 is 0 Å². The third-order valence-corrected chi connectivity index (χ3v) is 2.51. The molecular formula is C9H15N5O4. The van der Waals surface area contributed by atoms with Gasteiger partial charge in [0.15, 0.2) is 0 Å². The molecule has 0 amide bonds. The van der Waals surface area contributed by atoms with Gasteiger partial charge in [0.2, 0.25) is 11.8 Å². The molecule has 0 fully saturated rings. The summed E-state index contributed by atoms with van der Waals surface area (Å²) in [6, 6.07) is -0.565. The fraction of sp³-hybridized carbons (Fsp3) is 0.556. The number of hydrogen-bond acceptors (Lipinski definition) is 7. The van der Waals surface area contributed by atoms with Crippen molar-refractivity contribution in [1.82, 2.24) is 9.97 Å². The van der Waals surface area contributed by atoms with Crippen molar-refractivity contribution in [3.05, 3.63) is 20.5 Å². The molecule has 18 heavy (non-hydrogen) atoms. The molecule has 1 atom stereocenters. The minimum Gasteiger partial charge on any atom is -0.388 e. The molecule has 0 aliphatic heterocycles. The van der Waals surface area contributed by atoms with Gasteiger partial charge >= 0.3 is 11.2 Å². The quantitative estimate of drug-likeness (QED) is 0.432. The molecule has 1 aromatic rings. The summed E-state index contributed by atoms with van der Waals surface area (Å²) in [5.41, 5.74) is 2.49. The van der Waals surface area contributed by atoms with Gasteiger partial charge in [0.05, 0.1) is 16.6 Å². The second-order valence-corrected chi connectivity index (χ2v) is 4.43. The Kier molecular flexibility index (Phi) is 3.56. The van der Waals surface area contributed by atoms with Crippen LogP contribution in [0.5, 0.6) is 0 Å². The zero-order chi connectivity index (χ0) is 14.1. The predicted octanol–water partition coefficient (Wildman–Crippen LogP) is -0.168. The van der Waals surface area contributed by atoms with Gasteiger partial charge in [0, 0.05) is 0 Å². The Morgan fingerprint density at radius 2 is 2.17 bits per heavy atom. The number of H-pyrrole nitrogens is 1. The molecule has 100 valence electrons. The Bertz CT molecular complexity index is 519. The van der Waals surface area contributed by atoms with E-state index in [-0.39, 0.29) is 11.8 Å². The number of nitrogens with two attached hydrogens (primary N) is 1. The van der Waals surface area contributed by atoms with E-state index in [4.69, 9.17) is 5.73 Å². The number of nitrogens with one attached hydrogen (secondary N) is 2. The summed E-state index contributed by atoms with van der Waals surface area (Å²) in [6.07, 6.45) is 0. The highest BCUT2D eigenvalue weighted by molar-refractivity contribution is 5.56. The molecule has 9 heteroatoms. The molecular weight excluding hydrogens is 242 g/mol. The van der Waals surface area contributed by atoms with Gasteiger partial charge in [0.1, 0.15) is 0 Å². The maximum atomic E-state index is 11.4. The highest BCUT2D eigenvalue weighted by Crippen LogP contribution is 2.20. The number of anilines is 2. The van der Waals surface area contributed by atoms with Crippen LogP contribution in [0.2, 0.25) is 0 Å². The number of nitrogen functional groups attached to an aromatic ring is 1. The molecule has 1 rings (SSSR count). The molecule has 0 bridgehead atoms. The van der Waals surface area contributed by atoms with E-state index < -0.39 is 27.8 Å². The molecule has 1 heterocycles. The Hall–Kier alpha value is -2.16. The summed E-state index contributed by atoms with van der Waals surface area (Å²) in [5.74, 6) is -0.507. The SMILES string of the molecule is C[C@H](Nc1nc(N)[nH]c(=O)c1[N+](=O)[O-])C(C)(C)O. The molecule has 0 aliphatic rings. The van der Waals surface area contributed by atoms with Crippen LogP contribution in [0.4, 0.5) is 17.5 Å². The van der Waals surface area contributed by atoms with Gasteiger partial charge in [-0.1, -0.05) is 0 Å². The molecule has 1 aromatic heterocycles. The van der Waals surface area contributed by atoms with Crippen LogP contribution in [0.25, 0.3) is 0 Å². The van der Waals surface area contributed by atoms with Crippen LogP contribution in [-0.2, 0) is 0 Å². The number of aromatic nitrogens is 2. The Morgan fingerprint density at radius 3 is 2.61 bits per heavy atom. The van der Waals surface area contributed by atoms with Crippen molar-refractivity contribution in [2.75, 3.05) is 11.1 Å². The van der Waals surface area contributed by atoms with E-state index in [1.165, 1.54) is 13.8 Å². The van der Waals surface area contributed by atoms with Crippen LogP contribution in [0, 0.1) is 10.1 Å². The summed E-state index contributed by atoms with van der Waals surface area (Å²) in [4.78, 5) is 27.1. The zero-order valence-electron chi connectivity index (χ0n) is 10.2. The molecule has 0 unspecified atom stereocenters. The van der Waals surface area contributed by atoms with Crippen LogP contribution < -0.4 is 16.6 Å². The molecule has 0 aromatic carbocycles. The standard InChI is InChI=1S/C9H15N5O4/c1-4(9(2,3)16)11-6-5(14(17)18)7(15)13-8(10)12-6/h4,16H,1-3H3,(H4,10,11,12,13,15)/t4-/m0/s1. The fourth-order valence-corrected chi connectivity index (χ4v) is 1.14. The summed E-state index contributed by atoms with van der Waals surface area (Å²) < 4.78 is 0. The van der Waals surface area contributed by atoms with Gasteiger partial charge in [-0.05, 0) is 20.8 Å². The Morgan fingerprint density at radius 1 is 1.61 bits per heavy atom. The molecule has 5 N–H and O–H groups in total. The lowest BCUT2D eigenvalue weighted by Crippen LogP contribution is -2.40. The lowest BCUT2D eigenvalue weighted by atomic mass is 10.0. The second-order valence-electron chi connectivity index (χ2n) is 4.43. The monoisotopic (exact) mass is 257 g/mol. The van der Waals surface area contributed by atoms with Crippen LogP contribution in [0.3, 0.4) is 0 Å². The molecule has 9 nitrogen and oxygen atoms in total. The van der Waals surface area contributed by atoms with E-state index in [0.717, 1.165) is 0 Å². The smallest absolute Gasteiger partial charge is 0.375 e. The van der Waals surface area contributed by atoms with Gasteiger partial charge in [0.25, 0.3) is 0 Å². The number of rotatable bonds is 4. The van der Waals surface area contributed by atoms with E-state index in [2.05, 4.69) is 10.3 Å². The number of nitrogens with zero attached hydrogens (tertiary/aromatic N) is 2. The normalized spacial score (nSPS) is 13.1. The molecule has 0 spiro atoms. The van der Waals surface area contributed by atoms with Crippen molar-refractivity contribution >= 4 is 17.5 Å². The molecule has 0 radical (unpaired) electrons. The van der Waals surface area contributed by atoms with Gasteiger partial charge in [-0.15, -0.1) is 0 Å². The summed E-state index contributed by atoms with van der Waals surface area (Å²) in [5, 5.41) is 23.1. The van der Waals surface area contributed by atoms with Crippen molar-refractivity contribution in [1.29, 1.82) is 0 Å². The molecule has 0 saturated carbocycles. The third-order valence-electron chi connectivity index (χ3n) is 2.51. The topological polar surface area (TPSA) is 147 Å².